The van der Waals surface area contributed by atoms with E-state index in [2.05, 4.69) is 6.92 Å². The van der Waals surface area contributed by atoms with Crippen LogP contribution in [-0.4, -0.2) is 11.8 Å². The van der Waals surface area contributed by atoms with Crippen LogP contribution in [0.3, 0.4) is 0 Å². The molecule has 1 rings (SSSR count). The lowest BCUT2D eigenvalue weighted by Gasteiger charge is -2.33. The fraction of sp³-hybridized carbons (Fsp3) is 0.889. The largest absolute Gasteiger partial charge is 0.321 e. The highest BCUT2D eigenvalue weighted by Gasteiger charge is 2.29. The lowest BCUT2D eigenvalue weighted by molar-refractivity contribution is -0.119. The third-order valence-corrected chi connectivity index (χ3v) is 2.93. The summed E-state index contributed by atoms with van der Waals surface area (Å²) in [6.07, 6.45) is 3.85. The van der Waals surface area contributed by atoms with Crippen molar-refractivity contribution >= 4 is 5.78 Å². The number of carbonyl (C=O) groups is 1. The average Bonchev–Trinajstić information content (AvgIpc) is 1.82. The molecule has 0 aromatic carbocycles. The molecule has 0 aliphatic heterocycles. The van der Waals surface area contributed by atoms with E-state index in [9.17, 15) is 4.79 Å². The molecule has 0 saturated heterocycles. The number of hydrogen-bond acceptors (Lipinski definition) is 2. The second kappa shape index (κ2) is 3.35. The van der Waals surface area contributed by atoms with Crippen LogP contribution in [0.4, 0.5) is 0 Å². The maximum absolute atomic E-state index is 10.9. The molecule has 2 atom stereocenters. The van der Waals surface area contributed by atoms with Crippen LogP contribution in [0.5, 0.6) is 0 Å². The normalized spacial score (nSPS) is 23.9. The first-order chi connectivity index (χ1) is 5.13. The van der Waals surface area contributed by atoms with Crippen LogP contribution in [0.25, 0.3) is 0 Å². The highest BCUT2D eigenvalue weighted by Crippen LogP contribution is 2.34. The Labute approximate surface area is 68.2 Å². The molecule has 0 bridgehead atoms. The van der Waals surface area contributed by atoms with Crippen molar-refractivity contribution in [3.05, 3.63) is 0 Å². The lowest BCUT2D eigenvalue weighted by Crippen LogP contribution is -2.40. The van der Waals surface area contributed by atoms with E-state index in [1.54, 1.807) is 6.92 Å². The van der Waals surface area contributed by atoms with Gasteiger partial charge in [0.15, 0.2) is 0 Å². The highest BCUT2D eigenvalue weighted by atomic mass is 16.1. The van der Waals surface area contributed by atoms with Crippen molar-refractivity contribution in [2.45, 2.75) is 39.2 Å². The first kappa shape index (κ1) is 8.72. The van der Waals surface area contributed by atoms with Crippen LogP contribution >= 0.6 is 0 Å². The maximum Gasteiger partial charge on any atom is 0.146 e. The van der Waals surface area contributed by atoms with E-state index in [0.717, 1.165) is 0 Å². The zero-order valence-corrected chi connectivity index (χ0v) is 7.34. The van der Waals surface area contributed by atoms with Crippen LogP contribution in [0, 0.1) is 11.8 Å². The van der Waals surface area contributed by atoms with Gasteiger partial charge in [-0.25, -0.2) is 0 Å². The number of hydrogen-bond donors (Lipinski definition) is 1. The van der Waals surface area contributed by atoms with E-state index in [-0.39, 0.29) is 11.8 Å². The van der Waals surface area contributed by atoms with Gasteiger partial charge in [0.2, 0.25) is 0 Å². The second-order valence-corrected chi connectivity index (χ2v) is 3.69. The van der Waals surface area contributed by atoms with E-state index in [0.29, 0.717) is 11.8 Å². The molecule has 1 aliphatic carbocycles. The quantitative estimate of drug-likeness (QED) is 0.668. The highest BCUT2D eigenvalue weighted by molar-refractivity contribution is 5.81. The van der Waals surface area contributed by atoms with Crippen LogP contribution < -0.4 is 5.73 Å². The monoisotopic (exact) mass is 155 g/mol. The zero-order chi connectivity index (χ0) is 8.43. The van der Waals surface area contributed by atoms with Crippen molar-refractivity contribution in [2.24, 2.45) is 17.6 Å². The minimum Gasteiger partial charge on any atom is -0.321 e. The number of nitrogens with two attached hydrogens (primary N) is 1. The van der Waals surface area contributed by atoms with E-state index in [1.165, 1.54) is 19.3 Å². The Balaban J connectivity index is 2.38. The Kier molecular flexibility index (Phi) is 2.66. The molecule has 2 nitrogen and oxygen atoms in total. The Morgan fingerprint density at radius 3 is 2.36 bits per heavy atom. The SMILES string of the molecule is CC(=O)C(N)C(C)C1CCC1. The minimum absolute atomic E-state index is 0.129. The van der Waals surface area contributed by atoms with Gasteiger partial charge < -0.3 is 5.73 Å². The molecule has 0 amide bonds. The molecule has 0 aromatic rings. The molecule has 0 spiro atoms. The van der Waals surface area contributed by atoms with Crippen molar-refractivity contribution in [1.82, 2.24) is 0 Å². The summed E-state index contributed by atoms with van der Waals surface area (Å²) in [4.78, 5) is 10.9. The summed E-state index contributed by atoms with van der Waals surface area (Å²) in [6.45, 7) is 3.68. The summed E-state index contributed by atoms with van der Waals surface area (Å²) in [5.74, 6) is 1.24. The van der Waals surface area contributed by atoms with Crippen LogP contribution in [0.15, 0.2) is 0 Å². The fourth-order valence-corrected chi connectivity index (χ4v) is 1.63. The Bertz CT molecular complexity index is 152. The van der Waals surface area contributed by atoms with Crippen molar-refractivity contribution < 1.29 is 4.79 Å². The average molecular weight is 155 g/mol. The molecule has 1 fully saturated rings. The topological polar surface area (TPSA) is 43.1 Å². The molecule has 1 saturated carbocycles. The molecule has 11 heavy (non-hydrogen) atoms. The molecule has 2 unspecified atom stereocenters. The van der Waals surface area contributed by atoms with Gasteiger partial charge in [0, 0.05) is 0 Å². The maximum atomic E-state index is 10.9. The van der Waals surface area contributed by atoms with E-state index >= 15 is 0 Å². The second-order valence-electron chi connectivity index (χ2n) is 3.69. The standard InChI is InChI=1S/C9H17NO/c1-6(8-4-3-5-8)9(10)7(2)11/h6,8-9H,3-5,10H2,1-2H3. The van der Waals surface area contributed by atoms with Gasteiger partial charge in [0.05, 0.1) is 6.04 Å². The predicted octanol–water partition coefficient (Wildman–Crippen LogP) is 1.34. The van der Waals surface area contributed by atoms with Gasteiger partial charge in [-0.15, -0.1) is 0 Å². The van der Waals surface area contributed by atoms with Crippen LogP contribution in [0.1, 0.15) is 33.1 Å². The summed E-state index contributed by atoms with van der Waals surface area (Å²) in [5.41, 5.74) is 5.72. The smallest absolute Gasteiger partial charge is 0.146 e. The van der Waals surface area contributed by atoms with Gasteiger partial charge in [-0.3, -0.25) is 4.79 Å². The summed E-state index contributed by atoms with van der Waals surface area (Å²) < 4.78 is 0. The summed E-state index contributed by atoms with van der Waals surface area (Å²) in [6, 6.07) is -0.222. The number of rotatable bonds is 3. The van der Waals surface area contributed by atoms with Crippen LogP contribution in [0.2, 0.25) is 0 Å². The van der Waals surface area contributed by atoms with E-state index in [1.807, 2.05) is 0 Å². The van der Waals surface area contributed by atoms with Gasteiger partial charge in [0.25, 0.3) is 0 Å². The number of Topliss-reactive ketones (excluding diaryl/α,β-unsaturated/α-hetero) is 1. The molecule has 0 radical (unpaired) electrons. The molecule has 2 heteroatoms. The first-order valence-electron chi connectivity index (χ1n) is 4.39. The van der Waals surface area contributed by atoms with Gasteiger partial charge in [0.1, 0.15) is 5.78 Å². The van der Waals surface area contributed by atoms with Crippen LogP contribution in [-0.2, 0) is 4.79 Å². The third-order valence-electron chi connectivity index (χ3n) is 2.93. The van der Waals surface area contributed by atoms with E-state index in [4.69, 9.17) is 5.73 Å². The third kappa shape index (κ3) is 1.80. The molecule has 0 aromatic heterocycles. The Morgan fingerprint density at radius 1 is 1.55 bits per heavy atom. The zero-order valence-electron chi connectivity index (χ0n) is 7.34. The van der Waals surface area contributed by atoms with Gasteiger partial charge in [-0.05, 0) is 18.8 Å². The van der Waals surface area contributed by atoms with Gasteiger partial charge in [-0.1, -0.05) is 26.2 Å². The molecular weight excluding hydrogens is 138 g/mol. The first-order valence-corrected chi connectivity index (χ1v) is 4.39. The molecular formula is C9H17NO. The summed E-state index contributed by atoms with van der Waals surface area (Å²) in [7, 11) is 0. The van der Waals surface area contributed by atoms with Gasteiger partial charge in [-0.2, -0.15) is 0 Å². The fourth-order valence-electron chi connectivity index (χ4n) is 1.63. The van der Waals surface area contributed by atoms with Crippen molar-refractivity contribution in [3.8, 4) is 0 Å². The Hall–Kier alpha value is -0.370. The molecule has 1 aliphatic rings. The predicted molar refractivity (Wildman–Crippen MR) is 45.2 cm³/mol. The number of carbonyl (C=O) groups excluding carboxylic acids is 1. The van der Waals surface area contributed by atoms with Crippen molar-refractivity contribution in [1.29, 1.82) is 0 Å². The van der Waals surface area contributed by atoms with Crippen molar-refractivity contribution in [2.75, 3.05) is 0 Å². The molecule has 64 valence electrons. The molecule has 0 heterocycles. The van der Waals surface area contributed by atoms with E-state index < -0.39 is 0 Å². The summed E-state index contributed by atoms with van der Waals surface area (Å²) >= 11 is 0. The summed E-state index contributed by atoms with van der Waals surface area (Å²) in [5, 5.41) is 0. The lowest BCUT2D eigenvalue weighted by atomic mass is 9.73. The van der Waals surface area contributed by atoms with Crippen molar-refractivity contribution in [3.63, 3.8) is 0 Å². The minimum atomic E-state index is -0.222. The molecule has 2 N–H and O–H groups in total. The number of ketones is 1. The van der Waals surface area contributed by atoms with Gasteiger partial charge >= 0.3 is 0 Å². The Morgan fingerprint density at radius 2 is 2.09 bits per heavy atom.